The van der Waals surface area contributed by atoms with Crippen LogP contribution in [0.4, 0.5) is 0 Å². The quantitative estimate of drug-likeness (QED) is 0.371. The van der Waals surface area contributed by atoms with Crippen LogP contribution in [0.15, 0.2) is 4.99 Å². The summed E-state index contributed by atoms with van der Waals surface area (Å²) in [6, 6.07) is 0.316. The number of carbonyl (C=O) groups is 1. The molecule has 0 radical (unpaired) electrons. The first kappa shape index (κ1) is 21.4. The van der Waals surface area contributed by atoms with Gasteiger partial charge in [0.1, 0.15) is 0 Å². The number of ether oxygens (including phenoxy) is 1. The summed E-state index contributed by atoms with van der Waals surface area (Å²) >= 11 is 0. The first-order chi connectivity index (χ1) is 13.8. The van der Waals surface area contributed by atoms with E-state index in [1.165, 1.54) is 19.3 Å². The Bertz CT molecular complexity index is 501. The highest BCUT2D eigenvalue weighted by Crippen LogP contribution is 2.27. The molecule has 7 heteroatoms. The average Bonchev–Trinajstić information content (AvgIpc) is 3.40. The van der Waals surface area contributed by atoms with Crippen molar-refractivity contribution in [1.82, 2.24) is 20.4 Å². The van der Waals surface area contributed by atoms with Gasteiger partial charge in [-0.25, -0.2) is 0 Å². The standard InChI is InChI=1S/C21H39N5O2/c1-2-22-21(23-10-5-6-11-25-13-15-28-16-14-25)24-19-9-12-26(17-19)20(27)18-7-3-4-8-18/h18-19H,2-17H2,1H3,(H2,22,23,24). The van der Waals surface area contributed by atoms with E-state index in [0.717, 1.165) is 90.7 Å². The molecule has 3 rings (SSSR count). The van der Waals surface area contributed by atoms with E-state index in [1.807, 2.05) is 0 Å². The molecule has 0 aromatic heterocycles. The molecule has 1 unspecified atom stereocenters. The molecule has 1 aliphatic carbocycles. The Hall–Kier alpha value is -1.34. The molecular formula is C21H39N5O2. The van der Waals surface area contributed by atoms with Crippen LogP contribution < -0.4 is 10.6 Å². The normalized spacial score (nSPS) is 24.7. The zero-order valence-corrected chi connectivity index (χ0v) is 17.6. The van der Waals surface area contributed by atoms with Gasteiger partial charge in [-0.15, -0.1) is 0 Å². The fraction of sp³-hybridized carbons (Fsp3) is 0.905. The Balaban J connectivity index is 1.36. The van der Waals surface area contributed by atoms with E-state index in [4.69, 9.17) is 9.73 Å². The van der Waals surface area contributed by atoms with Crippen molar-refractivity contribution in [3.05, 3.63) is 0 Å². The van der Waals surface area contributed by atoms with Gasteiger partial charge in [0.05, 0.1) is 13.2 Å². The van der Waals surface area contributed by atoms with Crippen LogP contribution in [0, 0.1) is 5.92 Å². The van der Waals surface area contributed by atoms with Crippen molar-refractivity contribution in [3.8, 4) is 0 Å². The van der Waals surface area contributed by atoms with Crippen molar-refractivity contribution in [2.45, 2.75) is 57.9 Å². The van der Waals surface area contributed by atoms with E-state index in [1.54, 1.807) is 0 Å². The van der Waals surface area contributed by atoms with Crippen LogP contribution in [-0.2, 0) is 9.53 Å². The minimum atomic E-state index is 0.284. The molecule has 1 saturated carbocycles. The Morgan fingerprint density at radius 3 is 2.64 bits per heavy atom. The molecule has 2 aliphatic heterocycles. The molecule has 3 fully saturated rings. The van der Waals surface area contributed by atoms with Gasteiger partial charge in [-0.2, -0.15) is 0 Å². The third kappa shape index (κ3) is 6.62. The minimum Gasteiger partial charge on any atom is -0.379 e. The van der Waals surface area contributed by atoms with Crippen LogP contribution in [0.25, 0.3) is 0 Å². The van der Waals surface area contributed by atoms with Gasteiger partial charge >= 0.3 is 0 Å². The summed E-state index contributed by atoms with van der Waals surface area (Å²) in [6.07, 6.45) is 7.90. The van der Waals surface area contributed by atoms with Gasteiger partial charge in [-0.1, -0.05) is 12.8 Å². The molecule has 0 spiro atoms. The van der Waals surface area contributed by atoms with Gasteiger partial charge in [-0.3, -0.25) is 14.7 Å². The number of nitrogens with zero attached hydrogens (tertiary/aromatic N) is 3. The summed E-state index contributed by atoms with van der Waals surface area (Å²) < 4.78 is 5.40. The highest BCUT2D eigenvalue weighted by atomic mass is 16.5. The molecular weight excluding hydrogens is 354 g/mol. The number of nitrogens with one attached hydrogen (secondary N) is 2. The monoisotopic (exact) mass is 393 g/mol. The molecule has 3 aliphatic rings. The van der Waals surface area contributed by atoms with Gasteiger partial charge in [0.25, 0.3) is 0 Å². The predicted molar refractivity (Wildman–Crippen MR) is 113 cm³/mol. The summed E-state index contributed by atoms with van der Waals surface area (Å²) in [4.78, 5) is 21.9. The zero-order valence-electron chi connectivity index (χ0n) is 17.6. The van der Waals surface area contributed by atoms with Gasteiger partial charge < -0.3 is 20.3 Å². The summed E-state index contributed by atoms with van der Waals surface area (Å²) in [5.41, 5.74) is 0. The number of aliphatic imine (C=N–C) groups is 1. The second-order valence-electron chi connectivity index (χ2n) is 8.32. The number of morpholine rings is 1. The lowest BCUT2D eigenvalue weighted by atomic mass is 10.1. The van der Waals surface area contributed by atoms with Crippen LogP contribution in [0.2, 0.25) is 0 Å². The topological polar surface area (TPSA) is 69.2 Å². The highest BCUT2D eigenvalue weighted by molar-refractivity contribution is 5.81. The summed E-state index contributed by atoms with van der Waals surface area (Å²) in [7, 11) is 0. The minimum absolute atomic E-state index is 0.284. The van der Waals surface area contributed by atoms with Crippen molar-refractivity contribution in [2.75, 3.05) is 59.0 Å². The van der Waals surface area contributed by atoms with Gasteiger partial charge in [-0.05, 0) is 45.6 Å². The maximum Gasteiger partial charge on any atom is 0.225 e. The smallest absolute Gasteiger partial charge is 0.225 e. The highest BCUT2D eigenvalue weighted by Gasteiger charge is 2.32. The van der Waals surface area contributed by atoms with Crippen molar-refractivity contribution in [1.29, 1.82) is 0 Å². The zero-order chi connectivity index (χ0) is 19.6. The Morgan fingerprint density at radius 2 is 1.89 bits per heavy atom. The van der Waals surface area contributed by atoms with Crippen molar-refractivity contribution in [2.24, 2.45) is 10.9 Å². The van der Waals surface area contributed by atoms with Crippen LogP contribution in [0.5, 0.6) is 0 Å². The molecule has 1 atom stereocenters. The molecule has 2 heterocycles. The van der Waals surface area contributed by atoms with Crippen LogP contribution >= 0.6 is 0 Å². The molecule has 2 saturated heterocycles. The number of amides is 1. The lowest BCUT2D eigenvalue weighted by molar-refractivity contribution is -0.134. The number of carbonyl (C=O) groups excluding carboxylic acids is 1. The first-order valence-corrected chi connectivity index (χ1v) is 11.4. The predicted octanol–water partition coefficient (Wildman–Crippen LogP) is 1.45. The van der Waals surface area contributed by atoms with Crippen molar-refractivity contribution in [3.63, 3.8) is 0 Å². The number of guanidine groups is 1. The van der Waals surface area contributed by atoms with E-state index in [9.17, 15) is 4.79 Å². The summed E-state index contributed by atoms with van der Waals surface area (Å²) in [5.74, 6) is 1.56. The van der Waals surface area contributed by atoms with E-state index >= 15 is 0 Å². The van der Waals surface area contributed by atoms with Gasteiger partial charge in [0.2, 0.25) is 5.91 Å². The van der Waals surface area contributed by atoms with E-state index in [0.29, 0.717) is 11.9 Å². The molecule has 160 valence electrons. The molecule has 2 N–H and O–H groups in total. The van der Waals surface area contributed by atoms with Crippen LogP contribution in [0.1, 0.15) is 51.9 Å². The SMILES string of the molecule is CCNC(=NCCCCN1CCOCC1)NC1CCN(C(=O)C2CCCC2)C1. The van der Waals surface area contributed by atoms with Crippen molar-refractivity contribution >= 4 is 11.9 Å². The molecule has 1 amide bonds. The average molecular weight is 394 g/mol. The molecule has 0 bridgehead atoms. The second kappa shape index (κ2) is 11.6. The fourth-order valence-corrected chi connectivity index (χ4v) is 4.49. The third-order valence-corrected chi connectivity index (χ3v) is 6.15. The Labute approximate surface area is 170 Å². The lowest BCUT2D eigenvalue weighted by Gasteiger charge is -2.26. The number of hydrogen-bond acceptors (Lipinski definition) is 4. The molecule has 0 aromatic carbocycles. The summed E-state index contributed by atoms with van der Waals surface area (Å²) in [6.45, 7) is 10.5. The number of rotatable bonds is 8. The summed E-state index contributed by atoms with van der Waals surface area (Å²) in [5, 5.41) is 6.91. The fourth-order valence-electron chi connectivity index (χ4n) is 4.49. The molecule has 0 aromatic rings. The first-order valence-electron chi connectivity index (χ1n) is 11.4. The Kier molecular flexibility index (Phi) is 8.86. The lowest BCUT2D eigenvalue weighted by Crippen LogP contribution is -2.45. The number of hydrogen-bond donors (Lipinski definition) is 2. The largest absolute Gasteiger partial charge is 0.379 e. The van der Waals surface area contributed by atoms with Crippen LogP contribution in [-0.4, -0.2) is 86.7 Å². The van der Waals surface area contributed by atoms with Crippen LogP contribution in [0.3, 0.4) is 0 Å². The maximum atomic E-state index is 12.6. The third-order valence-electron chi connectivity index (χ3n) is 6.15. The van der Waals surface area contributed by atoms with Crippen molar-refractivity contribution < 1.29 is 9.53 Å². The number of likely N-dealkylation sites (tertiary alicyclic amines) is 1. The second-order valence-corrected chi connectivity index (χ2v) is 8.32. The Morgan fingerprint density at radius 1 is 1.11 bits per heavy atom. The van der Waals surface area contributed by atoms with E-state index in [-0.39, 0.29) is 5.92 Å². The maximum absolute atomic E-state index is 12.6. The van der Waals surface area contributed by atoms with Gasteiger partial charge in [0.15, 0.2) is 5.96 Å². The molecule has 7 nitrogen and oxygen atoms in total. The molecule has 28 heavy (non-hydrogen) atoms. The van der Waals surface area contributed by atoms with E-state index in [2.05, 4.69) is 27.4 Å². The van der Waals surface area contributed by atoms with E-state index < -0.39 is 0 Å². The number of unbranched alkanes of at least 4 members (excludes halogenated alkanes) is 1. The van der Waals surface area contributed by atoms with Gasteiger partial charge in [0, 0.05) is 51.2 Å².